The van der Waals surface area contributed by atoms with E-state index in [0.717, 1.165) is 12.8 Å². The van der Waals surface area contributed by atoms with Crippen LogP contribution in [0.1, 0.15) is 47.5 Å². The second kappa shape index (κ2) is 7.79. The quantitative estimate of drug-likeness (QED) is 0.643. The summed E-state index contributed by atoms with van der Waals surface area (Å²) in [4.78, 5) is 10.6. The van der Waals surface area contributed by atoms with Gasteiger partial charge in [-0.15, -0.1) is 0 Å². The Labute approximate surface area is 112 Å². The Balaban J connectivity index is 3.85. The van der Waals surface area contributed by atoms with E-state index >= 15 is 0 Å². The molecule has 4 nitrogen and oxygen atoms in total. The molecule has 0 saturated heterocycles. The minimum absolute atomic E-state index is 0.156. The average molecular weight is 255 g/mol. The van der Waals surface area contributed by atoms with Crippen LogP contribution in [0.2, 0.25) is 0 Å². The van der Waals surface area contributed by atoms with Crippen molar-refractivity contribution in [2.75, 3.05) is 19.8 Å². The van der Waals surface area contributed by atoms with Gasteiger partial charge in [-0.1, -0.05) is 0 Å². The van der Waals surface area contributed by atoms with Gasteiger partial charge in [0.25, 0.3) is 0 Å². The van der Waals surface area contributed by atoms with E-state index in [4.69, 9.17) is 17.3 Å². The van der Waals surface area contributed by atoms with Crippen LogP contribution in [0.3, 0.4) is 0 Å². The molecule has 1 amide bonds. The Hall–Kier alpha value is -0.545. The molecule has 0 heterocycles. The van der Waals surface area contributed by atoms with Gasteiger partial charge >= 0.3 is 0 Å². The maximum atomic E-state index is 10.6. The summed E-state index contributed by atoms with van der Waals surface area (Å²) in [5.74, 6) is -0.497. The monoisotopic (exact) mass is 255 g/mol. The highest BCUT2D eigenvalue weighted by molar-refractivity contribution is 6.57. The Kier molecular flexibility index (Phi) is 7.56. The van der Waals surface area contributed by atoms with Gasteiger partial charge in [0.1, 0.15) is 0 Å². The molecule has 0 aromatic carbocycles. The number of nitrogens with one attached hydrogen (secondary N) is 1. The molecule has 0 aromatic heterocycles. The molecule has 0 fully saturated rings. The molecule has 0 rings (SSSR count). The average Bonchev–Trinajstić information content (AvgIpc) is 2.15. The molecule has 1 N–H and O–H groups in total. The molecule has 0 saturated carbocycles. The number of hydrogen-bond acceptors (Lipinski definition) is 3. The van der Waals surface area contributed by atoms with Crippen LogP contribution in [-0.4, -0.2) is 44.6 Å². The van der Waals surface area contributed by atoms with E-state index in [1.165, 1.54) is 0 Å². The number of hydrogen-bond donors (Lipinski definition) is 1. The van der Waals surface area contributed by atoms with Gasteiger partial charge in [-0.2, -0.15) is 0 Å². The highest BCUT2D eigenvalue weighted by Gasteiger charge is 2.22. The smallest absolute Gasteiger partial charge is 0.200 e. The Morgan fingerprint density at radius 3 is 2.17 bits per heavy atom. The first-order chi connectivity index (χ1) is 8.18. The van der Waals surface area contributed by atoms with Crippen molar-refractivity contribution in [1.29, 1.82) is 0 Å². The molecule has 0 aliphatic carbocycles. The van der Waals surface area contributed by atoms with Crippen molar-refractivity contribution in [1.82, 2.24) is 5.32 Å². The van der Waals surface area contributed by atoms with Gasteiger partial charge in [0.05, 0.1) is 17.8 Å². The third-order valence-electron chi connectivity index (χ3n) is 2.76. The second-order valence-corrected chi connectivity index (χ2v) is 5.59. The Morgan fingerprint density at radius 2 is 1.67 bits per heavy atom. The molecule has 0 aliphatic rings. The van der Waals surface area contributed by atoms with Crippen LogP contribution in [0.5, 0.6) is 0 Å². The summed E-state index contributed by atoms with van der Waals surface area (Å²) in [6.45, 7) is 12.0. The Morgan fingerprint density at radius 1 is 1.11 bits per heavy atom. The van der Waals surface area contributed by atoms with E-state index in [1.54, 1.807) is 0 Å². The van der Waals surface area contributed by atoms with Gasteiger partial charge in [0.15, 0.2) is 13.7 Å². The van der Waals surface area contributed by atoms with Gasteiger partial charge in [0.2, 0.25) is 0 Å². The minimum Gasteiger partial charge on any atom is -0.376 e. The highest BCUT2D eigenvalue weighted by Crippen LogP contribution is 2.18. The standard InChI is InChI=1S/C13H26BNO3/c1-6-17-13(4,5)8-10-18-12(2,3)7-9-15-11(14)16/h6-10H2,1-5H3,(H,15,16). The lowest BCUT2D eigenvalue weighted by Gasteiger charge is -2.29. The first kappa shape index (κ1) is 17.5. The van der Waals surface area contributed by atoms with Crippen LogP contribution in [0.4, 0.5) is 4.79 Å². The zero-order chi connectivity index (χ0) is 14.2. The number of ether oxygens (including phenoxy) is 2. The largest absolute Gasteiger partial charge is 0.376 e. The maximum Gasteiger partial charge on any atom is 0.200 e. The lowest BCUT2D eigenvalue weighted by Crippen LogP contribution is -2.34. The summed E-state index contributed by atoms with van der Waals surface area (Å²) in [6, 6.07) is 0. The number of carbonyl (C=O) groups is 1. The Bertz CT molecular complexity index is 255. The highest BCUT2D eigenvalue weighted by atomic mass is 16.5. The molecule has 0 bridgehead atoms. The molecule has 0 unspecified atom stereocenters. The SMILES string of the molecule is [B]C(=O)NCCC(C)(C)OCCC(C)(C)OCC. The first-order valence-electron chi connectivity index (χ1n) is 6.50. The maximum absolute atomic E-state index is 10.6. The van der Waals surface area contributed by atoms with Crippen LogP contribution in [0.15, 0.2) is 0 Å². The lowest BCUT2D eigenvalue weighted by atomic mass is 10.0. The minimum atomic E-state index is -0.497. The topological polar surface area (TPSA) is 47.6 Å². The van der Waals surface area contributed by atoms with E-state index in [-0.39, 0.29) is 11.2 Å². The molecule has 5 heteroatoms. The van der Waals surface area contributed by atoms with Crippen molar-refractivity contribution < 1.29 is 14.3 Å². The van der Waals surface area contributed by atoms with E-state index < -0.39 is 5.81 Å². The zero-order valence-corrected chi connectivity index (χ0v) is 12.3. The van der Waals surface area contributed by atoms with E-state index in [9.17, 15) is 4.79 Å². The number of rotatable bonds is 9. The predicted octanol–water partition coefficient (Wildman–Crippen LogP) is 2.26. The number of amides is 1. The summed E-state index contributed by atoms with van der Waals surface area (Å²) in [5, 5.41) is 2.56. The molecular weight excluding hydrogens is 229 g/mol. The summed E-state index contributed by atoms with van der Waals surface area (Å²) in [6.07, 6.45) is 1.57. The molecule has 104 valence electrons. The molecule has 0 aliphatic heterocycles. The van der Waals surface area contributed by atoms with Crippen LogP contribution in [0.25, 0.3) is 0 Å². The van der Waals surface area contributed by atoms with Gasteiger partial charge in [-0.05, 0) is 47.5 Å². The zero-order valence-electron chi connectivity index (χ0n) is 12.3. The second-order valence-electron chi connectivity index (χ2n) is 5.59. The third kappa shape index (κ3) is 9.48. The van der Waals surface area contributed by atoms with Gasteiger partial charge in [-0.3, -0.25) is 4.79 Å². The van der Waals surface area contributed by atoms with E-state index in [0.29, 0.717) is 19.8 Å². The van der Waals surface area contributed by atoms with Crippen molar-refractivity contribution in [3.63, 3.8) is 0 Å². The van der Waals surface area contributed by atoms with Crippen molar-refractivity contribution >= 4 is 13.7 Å². The van der Waals surface area contributed by atoms with Gasteiger partial charge < -0.3 is 14.8 Å². The van der Waals surface area contributed by atoms with Crippen LogP contribution < -0.4 is 5.32 Å². The fraction of sp³-hybridized carbons (Fsp3) is 0.923. The summed E-state index contributed by atoms with van der Waals surface area (Å²) in [7, 11) is 5.00. The molecular formula is C13H26BNO3. The van der Waals surface area contributed by atoms with E-state index in [2.05, 4.69) is 19.2 Å². The summed E-state index contributed by atoms with van der Waals surface area (Å²) >= 11 is 0. The summed E-state index contributed by atoms with van der Waals surface area (Å²) in [5.41, 5.74) is -0.430. The van der Waals surface area contributed by atoms with Crippen molar-refractivity contribution in [2.24, 2.45) is 0 Å². The molecule has 0 spiro atoms. The van der Waals surface area contributed by atoms with E-state index in [1.807, 2.05) is 20.8 Å². The number of carbonyl (C=O) groups excluding carboxylic acids is 1. The molecule has 0 atom stereocenters. The van der Waals surface area contributed by atoms with Crippen molar-refractivity contribution in [3.8, 4) is 0 Å². The van der Waals surface area contributed by atoms with Crippen molar-refractivity contribution in [2.45, 2.75) is 58.7 Å². The molecule has 0 aromatic rings. The van der Waals surface area contributed by atoms with Crippen molar-refractivity contribution in [3.05, 3.63) is 0 Å². The summed E-state index contributed by atoms with van der Waals surface area (Å²) < 4.78 is 11.4. The molecule has 2 radical (unpaired) electrons. The van der Waals surface area contributed by atoms with Crippen LogP contribution in [-0.2, 0) is 9.47 Å². The fourth-order valence-electron chi connectivity index (χ4n) is 1.59. The van der Waals surface area contributed by atoms with Gasteiger partial charge in [-0.25, -0.2) is 0 Å². The van der Waals surface area contributed by atoms with Crippen LogP contribution >= 0.6 is 0 Å². The first-order valence-corrected chi connectivity index (χ1v) is 6.50. The van der Waals surface area contributed by atoms with Crippen LogP contribution in [0, 0.1) is 0 Å². The molecule has 18 heavy (non-hydrogen) atoms. The lowest BCUT2D eigenvalue weighted by molar-refractivity contribution is -0.0709. The fourth-order valence-corrected chi connectivity index (χ4v) is 1.59. The third-order valence-corrected chi connectivity index (χ3v) is 2.76. The normalized spacial score (nSPS) is 12.5. The predicted molar refractivity (Wildman–Crippen MR) is 74.1 cm³/mol. The van der Waals surface area contributed by atoms with Gasteiger partial charge in [0, 0.05) is 13.2 Å².